The Hall–Kier alpha value is -1.22. The summed E-state index contributed by atoms with van der Waals surface area (Å²) >= 11 is 0. The van der Waals surface area contributed by atoms with E-state index in [4.69, 9.17) is 9.47 Å². The van der Waals surface area contributed by atoms with E-state index in [-0.39, 0.29) is 0 Å². The fraction of sp³-hybridized carbons (Fsp3) is 0.600. The maximum atomic E-state index is 5.69. The summed E-state index contributed by atoms with van der Waals surface area (Å²) in [5.74, 6) is 0.941. The van der Waals surface area contributed by atoms with Crippen LogP contribution in [0.15, 0.2) is 24.3 Å². The number of hydrogen-bond acceptors (Lipinski definition) is 3. The Morgan fingerprint density at radius 2 is 2.11 bits per heavy atom. The van der Waals surface area contributed by atoms with E-state index in [0.717, 1.165) is 37.6 Å². The normalized spacial score (nSPS) is 19.5. The molecule has 3 heteroatoms. The molecule has 1 atom stereocenters. The molecule has 1 aliphatic heterocycles. The fourth-order valence-electron chi connectivity index (χ4n) is 2.09. The van der Waals surface area contributed by atoms with Crippen molar-refractivity contribution < 1.29 is 9.47 Å². The van der Waals surface area contributed by atoms with Gasteiger partial charge in [-0.05, 0) is 49.9 Å². The highest BCUT2D eigenvalue weighted by atomic mass is 16.5. The molecule has 1 unspecified atom stereocenters. The van der Waals surface area contributed by atoms with Gasteiger partial charge in [0.1, 0.15) is 5.75 Å². The van der Waals surface area contributed by atoms with Crippen LogP contribution in [0.4, 0.5) is 5.69 Å². The van der Waals surface area contributed by atoms with Gasteiger partial charge in [0.05, 0.1) is 12.7 Å². The monoisotopic (exact) mass is 249 g/mol. The molecule has 18 heavy (non-hydrogen) atoms. The van der Waals surface area contributed by atoms with Gasteiger partial charge in [0, 0.05) is 18.8 Å². The van der Waals surface area contributed by atoms with E-state index < -0.39 is 0 Å². The first kappa shape index (κ1) is 13.2. The van der Waals surface area contributed by atoms with Gasteiger partial charge in [-0.25, -0.2) is 0 Å². The van der Waals surface area contributed by atoms with Crippen LogP contribution in [0.5, 0.6) is 5.75 Å². The summed E-state index contributed by atoms with van der Waals surface area (Å²) in [6, 6.07) is 8.15. The SMILES string of the molecule is CCCOc1ccc(NCC2CCCCO2)cc1. The Labute approximate surface area is 109 Å². The molecule has 3 nitrogen and oxygen atoms in total. The lowest BCUT2D eigenvalue weighted by atomic mass is 10.1. The second kappa shape index (κ2) is 7.27. The number of benzene rings is 1. The largest absolute Gasteiger partial charge is 0.494 e. The van der Waals surface area contributed by atoms with E-state index in [2.05, 4.69) is 24.4 Å². The summed E-state index contributed by atoms with van der Waals surface area (Å²) < 4.78 is 11.2. The van der Waals surface area contributed by atoms with Crippen molar-refractivity contribution in [3.63, 3.8) is 0 Å². The zero-order chi connectivity index (χ0) is 12.6. The van der Waals surface area contributed by atoms with Gasteiger partial charge in [-0.15, -0.1) is 0 Å². The van der Waals surface area contributed by atoms with Crippen LogP contribution in [0.25, 0.3) is 0 Å². The second-order valence-electron chi connectivity index (χ2n) is 4.74. The molecule has 0 radical (unpaired) electrons. The number of nitrogens with one attached hydrogen (secondary N) is 1. The first-order valence-electron chi connectivity index (χ1n) is 6.97. The van der Waals surface area contributed by atoms with Crippen LogP contribution in [-0.4, -0.2) is 25.9 Å². The molecule has 0 saturated carbocycles. The molecule has 1 heterocycles. The average molecular weight is 249 g/mol. The van der Waals surface area contributed by atoms with Gasteiger partial charge in [0.2, 0.25) is 0 Å². The van der Waals surface area contributed by atoms with Crippen molar-refractivity contribution >= 4 is 5.69 Å². The minimum Gasteiger partial charge on any atom is -0.494 e. The molecule has 1 aromatic carbocycles. The van der Waals surface area contributed by atoms with Gasteiger partial charge in [-0.1, -0.05) is 6.92 Å². The highest BCUT2D eigenvalue weighted by molar-refractivity contribution is 5.46. The number of ether oxygens (including phenoxy) is 2. The van der Waals surface area contributed by atoms with E-state index in [9.17, 15) is 0 Å². The van der Waals surface area contributed by atoms with E-state index >= 15 is 0 Å². The summed E-state index contributed by atoms with van der Waals surface area (Å²) in [5, 5.41) is 3.42. The lowest BCUT2D eigenvalue weighted by molar-refractivity contribution is 0.0247. The van der Waals surface area contributed by atoms with E-state index in [1.807, 2.05) is 12.1 Å². The third kappa shape index (κ3) is 4.22. The second-order valence-corrected chi connectivity index (χ2v) is 4.74. The minimum absolute atomic E-state index is 0.370. The van der Waals surface area contributed by atoms with Crippen molar-refractivity contribution in [2.24, 2.45) is 0 Å². The highest BCUT2D eigenvalue weighted by Gasteiger charge is 2.12. The van der Waals surface area contributed by atoms with Crippen molar-refractivity contribution in [1.82, 2.24) is 0 Å². The molecular weight excluding hydrogens is 226 g/mol. The zero-order valence-corrected chi connectivity index (χ0v) is 11.2. The molecule has 1 saturated heterocycles. The van der Waals surface area contributed by atoms with E-state index in [0.29, 0.717) is 6.10 Å². The Morgan fingerprint density at radius 3 is 2.78 bits per heavy atom. The third-order valence-corrected chi connectivity index (χ3v) is 3.14. The maximum Gasteiger partial charge on any atom is 0.119 e. The van der Waals surface area contributed by atoms with Crippen LogP contribution in [0, 0.1) is 0 Å². The van der Waals surface area contributed by atoms with Crippen molar-refractivity contribution in [3.8, 4) is 5.75 Å². The molecule has 0 bridgehead atoms. The third-order valence-electron chi connectivity index (χ3n) is 3.14. The van der Waals surface area contributed by atoms with Crippen LogP contribution in [0.2, 0.25) is 0 Å². The molecule has 0 aliphatic carbocycles. The predicted octanol–water partition coefficient (Wildman–Crippen LogP) is 3.46. The topological polar surface area (TPSA) is 30.5 Å². The van der Waals surface area contributed by atoms with Crippen molar-refractivity contribution in [2.75, 3.05) is 25.1 Å². The predicted molar refractivity (Wildman–Crippen MR) is 74.3 cm³/mol. The highest BCUT2D eigenvalue weighted by Crippen LogP contribution is 2.17. The first-order chi connectivity index (χ1) is 8.88. The van der Waals surface area contributed by atoms with Gasteiger partial charge in [0.15, 0.2) is 0 Å². The van der Waals surface area contributed by atoms with Crippen LogP contribution in [-0.2, 0) is 4.74 Å². The zero-order valence-electron chi connectivity index (χ0n) is 11.2. The smallest absolute Gasteiger partial charge is 0.119 e. The molecule has 100 valence electrons. The van der Waals surface area contributed by atoms with Crippen molar-refractivity contribution in [3.05, 3.63) is 24.3 Å². The van der Waals surface area contributed by atoms with E-state index in [1.165, 1.54) is 19.3 Å². The summed E-state index contributed by atoms with van der Waals surface area (Å²) in [5.41, 5.74) is 1.13. The molecular formula is C15H23NO2. The van der Waals surface area contributed by atoms with Crippen molar-refractivity contribution in [2.45, 2.75) is 38.7 Å². The van der Waals surface area contributed by atoms with Gasteiger partial charge in [-0.2, -0.15) is 0 Å². The lowest BCUT2D eigenvalue weighted by Gasteiger charge is -2.23. The summed E-state index contributed by atoms with van der Waals surface area (Å²) in [7, 11) is 0. The van der Waals surface area contributed by atoms with E-state index in [1.54, 1.807) is 0 Å². The summed E-state index contributed by atoms with van der Waals surface area (Å²) in [6.07, 6.45) is 5.08. The van der Waals surface area contributed by atoms with Crippen LogP contribution >= 0.6 is 0 Å². The van der Waals surface area contributed by atoms with Gasteiger partial charge in [-0.3, -0.25) is 0 Å². The van der Waals surface area contributed by atoms with Gasteiger partial charge in [0.25, 0.3) is 0 Å². The van der Waals surface area contributed by atoms with Gasteiger partial charge < -0.3 is 14.8 Å². The molecule has 1 aliphatic rings. The maximum absolute atomic E-state index is 5.69. The van der Waals surface area contributed by atoms with Crippen molar-refractivity contribution in [1.29, 1.82) is 0 Å². The molecule has 0 amide bonds. The molecule has 1 N–H and O–H groups in total. The fourth-order valence-corrected chi connectivity index (χ4v) is 2.09. The standard InChI is InChI=1S/C15H23NO2/c1-2-10-17-14-8-6-13(7-9-14)16-12-15-5-3-4-11-18-15/h6-9,15-16H,2-5,10-12H2,1H3. The molecule has 1 aromatic rings. The Morgan fingerprint density at radius 1 is 1.28 bits per heavy atom. The Kier molecular flexibility index (Phi) is 5.34. The Balaban J connectivity index is 1.75. The Bertz CT molecular complexity index is 331. The molecule has 2 rings (SSSR count). The number of rotatable bonds is 6. The van der Waals surface area contributed by atoms with Crippen LogP contribution < -0.4 is 10.1 Å². The number of anilines is 1. The van der Waals surface area contributed by atoms with Crippen LogP contribution in [0.3, 0.4) is 0 Å². The summed E-state index contributed by atoms with van der Waals surface area (Å²) in [6.45, 7) is 4.70. The van der Waals surface area contributed by atoms with Crippen LogP contribution in [0.1, 0.15) is 32.6 Å². The summed E-state index contributed by atoms with van der Waals surface area (Å²) in [4.78, 5) is 0. The average Bonchev–Trinajstić information content (AvgIpc) is 2.45. The number of hydrogen-bond donors (Lipinski definition) is 1. The minimum atomic E-state index is 0.370. The molecule has 0 aromatic heterocycles. The quantitative estimate of drug-likeness (QED) is 0.837. The molecule has 0 spiro atoms. The first-order valence-corrected chi connectivity index (χ1v) is 6.97. The van der Waals surface area contributed by atoms with Gasteiger partial charge >= 0.3 is 0 Å². The lowest BCUT2D eigenvalue weighted by Crippen LogP contribution is -2.26. The molecule has 1 fully saturated rings.